The summed E-state index contributed by atoms with van der Waals surface area (Å²) in [6.45, 7) is 3.49. The van der Waals surface area contributed by atoms with Crippen LogP contribution >= 0.6 is 11.6 Å². The molecule has 1 saturated heterocycles. The van der Waals surface area contributed by atoms with Crippen molar-refractivity contribution in [2.45, 2.75) is 32.2 Å². The van der Waals surface area contributed by atoms with Crippen molar-refractivity contribution in [2.24, 2.45) is 5.92 Å². The molecular formula is C22H26ClN3O. The Balaban J connectivity index is 1.60. The van der Waals surface area contributed by atoms with Crippen LogP contribution in [0.15, 0.2) is 48.9 Å². The first-order chi connectivity index (χ1) is 13.2. The summed E-state index contributed by atoms with van der Waals surface area (Å²) in [5.74, 6) is 0.666. The highest BCUT2D eigenvalue weighted by molar-refractivity contribution is 6.30. The zero-order valence-electron chi connectivity index (χ0n) is 15.5. The highest BCUT2D eigenvalue weighted by Crippen LogP contribution is 2.28. The van der Waals surface area contributed by atoms with Crippen LogP contribution in [0.25, 0.3) is 16.6 Å². The number of aliphatic hydroxyl groups is 1. The number of hydrogen-bond acceptors (Lipinski definition) is 3. The third-order valence-corrected chi connectivity index (χ3v) is 5.92. The number of aromatic nitrogens is 2. The van der Waals surface area contributed by atoms with E-state index in [-0.39, 0.29) is 0 Å². The first-order valence-corrected chi connectivity index (χ1v) is 10.2. The number of aliphatic hydroxyl groups excluding tert-OH is 1. The first kappa shape index (κ1) is 18.5. The largest absolute Gasteiger partial charge is 0.396 e. The van der Waals surface area contributed by atoms with Gasteiger partial charge in [0.1, 0.15) is 0 Å². The zero-order valence-corrected chi connectivity index (χ0v) is 16.3. The molecule has 1 aliphatic rings. The third kappa shape index (κ3) is 4.18. The van der Waals surface area contributed by atoms with Crippen molar-refractivity contribution in [2.75, 3.05) is 19.7 Å². The summed E-state index contributed by atoms with van der Waals surface area (Å²) in [7, 11) is 0. The molecule has 1 atom stereocenters. The highest BCUT2D eigenvalue weighted by atomic mass is 35.5. The maximum Gasteiger partial charge on any atom is 0.0715 e. The fourth-order valence-electron chi connectivity index (χ4n) is 4.18. The van der Waals surface area contributed by atoms with Gasteiger partial charge in [0, 0.05) is 41.6 Å². The zero-order chi connectivity index (χ0) is 18.6. The average Bonchev–Trinajstić information content (AvgIpc) is 2.89. The summed E-state index contributed by atoms with van der Waals surface area (Å²) in [5, 5.41) is 11.2. The topological polar surface area (TPSA) is 41.3 Å². The molecule has 0 bridgehead atoms. The first-order valence-electron chi connectivity index (χ1n) is 9.77. The van der Waals surface area contributed by atoms with Crippen molar-refractivity contribution in [3.05, 3.63) is 59.5 Å². The molecular weight excluding hydrogens is 358 g/mol. The molecule has 5 heteroatoms. The summed E-state index contributed by atoms with van der Waals surface area (Å²) in [4.78, 5) is 6.89. The molecule has 27 heavy (non-hydrogen) atoms. The van der Waals surface area contributed by atoms with E-state index in [9.17, 15) is 5.11 Å². The molecule has 1 unspecified atom stereocenters. The van der Waals surface area contributed by atoms with Crippen LogP contribution in [0.4, 0.5) is 0 Å². The number of fused-ring (bicyclic) bond motifs is 1. The Labute approximate surface area is 165 Å². The summed E-state index contributed by atoms with van der Waals surface area (Å²) >= 11 is 6.06. The summed E-state index contributed by atoms with van der Waals surface area (Å²) in [5.41, 5.74) is 3.56. The Kier molecular flexibility index (Phi) is 5.77. The monoisotopic (exact) mass is 383 g/mol. The lowest BCUT2D eigenvalue weighted by atomic mass is 9.98. The number of pyridine rings is 1. The van der Waals surface area contributed by atoms with E-state index < -0.39 is 0 Å². The van der Waals surface area contributed by atoms with E-state index >= 15 is 0 Å². The molecule has 1 aliphatic heterocycles. The standard InChI is InChI=1S/C22H26ClN3O/c23-19-3-5-20(6-4-19)26-16-18(21-7-10-24-14-22(21)26)15-25-11-1-2-17(8-12-25)9-13-27/h3-7,10,14,16-17,27H,1-2,8-9,11-13,15H2. The smallest absolute Gasteiger partial charge is 0.0715 e. The van der Waals surface area contributed by atoms with E-state index in [4.69, 9.17) is 11.6 Å². The van der Waals surface area contributed by atoms with Gasteiger partial charge in [-0.15, -0.1) is 0 Å². The molecule has 0 spiro atoms. The van der Waals surface area contributed by atoms with E-state index in [2.05, 4.69) is 26.7 Å². The van der Waals surface area contributed by atoms with Gasteiger partial charge in [-0.3, -0.25) is 9.88 Å². The maximum absolute atomic E-state index is 9.23. The molecule has 3 aromatic rings. The van der Waals surface area contributed by atoms with E-state index in [1.165, 1.54) is 30.2 Å². The Morgan fingerprint density at radius 3 is 2.78 bits per heavy atom. The number of likely N-dealkylation sites (tertiary alicyclic amines) is 1. The molecule has 0 amide bonds. The van der Waals surface area contributed by atoms with Crippen LogP contribution in [0.2, 0.25) is 5.02 Å². The molecule has 3 heterocycles. The van der Waals surface area contributed by atoms with Crippen LogP contribution in [-0.2, 0) is 6.54 Å². The van der Waals surface area contributed by atoms with Crippen LogP contribution < -0.4 is 0 Å². The Bertz CT molecular complexity index is 890. The predicted molar refractivity (Wildman–Crippen MR) is 110 cm³/mol. The normalized spacial score (nSPS) is 18.7. The van der Waals surface area contributed by atoms with E-state index in [0.717, 1.165) is 42.3 Å². The lowest BCUT2D eigenvalue weighted by Crippen LogP contribution is -2.24. The molecule has 1 aromatic carbocycles. The van der Waals surface area contributed by atoms with Crippen LogP contribution in [0, 0.1) is 5.92 Å². The molecule has 4 nitrogen and oxygen atoms in total. The van der Waals surface area contributed by atoms with E-state index in [1.807, 2.05) is 36.7 Å². The maximum atomic E-state index is 9.23. The Hall–Kier alpha value is -1.88. The number of rotatable bonds is 5. The number of benzene rings is 1. The summed E-state index contributed by atoms with van der Waals surface area (Å²) in [6.07, 6.45) is 10.6. The van der Waals surface area contributed by atoms with Gasteiger partial charge in [0.2, 0.25) is 0 Å². The second kappa shape index (κ2) is 8.42. The van der Waals surface area contributed by atoms with Crippen molar-refractivity contribution in [1.82, 2.24) is 14.5 Å². The lowest BCUT2D eigenvalue weighted by molar-refractivity contribution is 0.240. The fraction of sp³-hybridized carbons (Fsp3) is 0.409. The van der Waals surface area contributed by atoms with Crippen molar-refractivity contribution < 1.29 is 5.11 Å². The molecule has 0 aliphatic carbocycles. The van der Waals surface area contributed by atoms with E-state index in [1.54, 1.807) is 0 Å². The van der Waals surface area contributed by atoms with Crippen LogP contribution in [0.3, 0.4) is 0 Å². The minimum absolute atomic E-state index is 0.312. The van der Waals surface area contributed by atoms with Crippen LogP contribution in [0.1, 0.15) is 31.2 Å². The van der Waals surface area contributed by atoms with Gasteiger partial charge in [0.15, 0.2) is 0 Å². The van der Waals surface area contributed by atoms with Gasteiger partial charge in [0.25, 0.3) is 0 Å². The molecule has 2 aromatic heterocycles. The molecule has 0 radical (unpaired) electrons. The molecule has 142 valence electrons. The number of hydrogen-bond donors (Lipinski definition) is 1. The molecule has 4 rings (SSSR count). The Morgan fingerprint density at radius 1 is 1.11 bits per heavy atom. The van der Waals surface area contributed by atoms with Gasteiger partial charge in [-0.2, -0.15) is 0 Å². The van der Waals surface area contributed by atoms with Crippen LogP contribution in [0.5, 0.6) is 0 Å². The van der Waals surface area contributed by atoms with Crippen molar-refractivity contribution in [3.63, 3.8) is 0 Å². The third-order valence-electron chi connectivity index (χ3n) is 5.67. The van der Waals surface area contributed by atoms with Gasteiger partial charge in [-0.05, 0) is 80.6 Å². The van der Waals surface area contributed by atoms with Crippen molar-refractivity contribution in [1.29, 1.82) is 0 Å². The molecule has 1 fully saturated rings. The summed E-state index contributed by atoms with van der Waals surface area (Å²) < 4.78 is 2.21. The van der Waals surface area contributed by atoms with Crippen LogP contribution in [-0.4, -0.2) is 39.3 Å². The van der Waals surface area contributed by atoms with Gasteiger partial charge < -0.3 is 9.67 Å². The fourth-order valence-corrected chi connectivity index (χ4v) is 4.31. The SMILES string of the molecule is OCCC1CCCN(Cc2cn(-c3ccc(Cl)cc3)c3cnccc23)CC1. The molecule has 0 saturated carbocycles. The van der Waals surface area contributed by atoms with Crippen molar-refractivity contribution in [3.8, 4) is 5.69 Å². The van der Waals surface area contributed by atoms with Gasteiger partial charge in [-0.1, -0.05) is 11.6 Å². The van der Waals surface area contributed by atoms with Gasteiger partial charge in [-0.25, -0.2) is 0 Å². The minimum atomic E-state index is 0.312. The second-order valence-corrected chi connectivity index (χ2v) is 7.92. The summed E-state index contributed by atoms with van der Waals surface area (Å²) in [6, 6.07) is 10.1. The van der Waals surface area contributed by atoms with Crippen molar-refractivity contribution >= 4 is 22.5 Å². The minimum Gasteiger partial charge on any atom is -0.396 e. The lowest BCUT2D eigenvalue weighted by Gasteiger charge is -2.19. The Morgan fingerprint density at radius 2 is 1.96 bits per heavy atom. The number of halogens is 1. The number of nitrogens with zero attached hydrogens (tertiary/aromatic N) is 3. The highest BCUT2D eigenvalue weighted by Gasteiger charge is 2.19. The van der Waals surface area contributed by atoms with Gasteiger partial charge >= 0.3 is 0 Å². The predicted octanol–water partition coefficient (Wildman–Crippen LogP) is 4.66. The molecule has 1 N–H and O–H groups in total. The second-order valence-electron chi connectivity index (χ2n) is 7.48. The van der Waals surface area contributed by atoms with E-state index in [0.29, 0.717) is 12.5 Å². The van der Waals surface area contributed by atoms with Gasteiger partial charge in [0.05, 0.1) is 11.7 Å². The average molecular weight is 384 g/mol. The quantitative estimate of drug-likeness (QED) is 0.696.